The molecule has 0 radical (unpaired) electrons. The van der Waals surface area contributed by atoms with Crippen molar-refractivity contribution in [3.63, 3.8) is 0 Å². The third-order valence-corrected chi connectivity index (χ3v) is 5.39. The van der Waals surface area contributed by atoms with Gasteiger partial charge < -0.3 is 5.73 Å². The lowest BCUT2D eigenvalue weighted by atomic mass is 10.2. The van der Waals surface area contributed by atoms with Crippen molar-refractivity contribution >= 4 is 28.7 Å². The van der Waals surface area contributed by atoms with E-state index in [4.69, 9.17) is 5.73 Å². The summed E-state index contributed by atoms with van der Waals surface area (Å²) in [7, 11) is 0. The highest BCUT2D eigenvalue weighted by Gasteiger charge is 2.25. The SMILES string of the molecule is CCCCCN(C(=O)c1ccc(C)s1)c1c(N)n(CCCC)c(=O)[nH]c1=O. The van der Waals surface area contributed by atoms with Gasteiger partial charge in [0.2, 0.25) is 0 Å². The zero-order chi connectivity index (χ0) is 20.0. The first-order valence-corrected chi connectivity index (χ1v) is 10.2. The normalized spacial score (nSPS) is 10.9. The number of unbranched alkanes of at least 4 members (excludes halogenated alkanes) is 3. The zero-order valence-corrected chi connectivity index (χ0v) is 17.0. The van der Waals surface area contributed by atoms with E-state index in [9.17, 15) is 14.4 Å². The molecule has 0 saturated carbocycles. The van der Waals surface area contributed by atoms with Gasteiger partial charge >= 0.3 is 5.69 Å². The van der Waals surface area contributed by atoms with Gasteiger partial charge in [-0.3, -0.25) is 24.0 Å². The molecule has 0 unspecified atom stereocenters. The second kappa shape index (κ2) is 9.55. The fourth-order valence-electron chi connectivity index (χ4n) is 2.89. The molecule has 0 fully saturated rings. The van der Waals surface area contributed by atoms with Gasteiger partial charge in [-0.25, -0.2) is 4.79 Å². The fourth-order valence-corrected chi connectivity index (χ4v) is 3.71. The molecule has 3 N–H and O–H groups in total. The Morgan fingerprint density at radius 2 is 1.89 bits per heavy atom. The summed E-state index contributed by atoms with van der Waals surface area (Å²) >= 11 is 1.38. The smallest absolute Gasteiger partial charge is 0.330 e. The number of H-pyrrole nitrogens is 1. The standard InChI is InChI=1S/C19H28N4O3S/c1-4-6-8-12-22(18(25)14-10-9-13(3)27-14)15-16(20)23(11-7-5-2)19(26)21-17(15)24/h9-10H,4-8,11-12,20H2,1-3H3,(H,21,24,26). The maximum absolute atomic E-state index is 13.1. The molecule has 2 aromatic heterocycles. The van der Waals surface area contributed by atoms with Crippen molar-refractivity contribution in [2.75, 3.05) is 17.2 Å². The van der Waals surface area contributed by atoms with Crippen LogP contribution in [-0.2, 0) is 6.54 Å². The number of rotatable bonds is 9. The number of hydrogen-bond donors (Lipinski definition) is 2. The first-order chi connectivity index (χ1) is 12.9. The Bertz CT molecular complexity index is 897. The highest BCUT2D eigenvalue weighted by Crippen LogP contribution is 2.24. The Labute approximate surface area is 162 Å². The number of anilines is 2. The quantitative estimate of drug-likeness (QED) is 0.640. The van der Waals surface area contributed by atoms with Crippen LogP contribution in [0.25, 0.3) is 0 Å². The van der Waals surface area contributed by atoms with Crippen LogP contribution in [0.4, 0.5) is 11.5 Å². The van der Waals surface area contributed by atoms with E-state index in [0.717, 1.165) is 37.0 Å². The van der Waals surface area contributed by atoms with E-state index in [0.29, 0.717) is 18.0 Å². The van der Waals surface area contributed by atoms with Gasteiger partial charge in [0.25, 0.3) is 11.5 Å². The predicted octanol–water partition coefficient (Wildman–Crippen LogP) is 3.13. The van der Waals surface area contributed by atoms with Crippen LogP contribution in [0.1, 0.15) is 60.5 Å². The Hall–Kier alpha value is -2.35. The van der Waals surface area contributed by atoms with Crippen molar-refractivity contribution in [2.45, 2.75) is 59.4 Å². The zero-order valence-electron chi connectivity index (χ0n) is 16.2. The Morgan fingerprint density at radius 1 is 1.19 bits per heavy atom. The van der Waals surface area contributed by atoms with Crippen LogP contribution in [0, 0.1) is 6.92 Å². The van der Waals surface area contributed by atoms with E-state index in [1.807, 2.05) is 19.9 Å². The van der Waals surface area contributed by atoms with Gasteiger partial charge in [0.05, 0.1) is 4.88 Å². The van der Waals surface area contributed by atoms with Crippen molar-refractivity contribution in [3.05, 3.63) is 42.7 Å². The fraction of sp³-hybridized carbons (Fsp3) is 0.526. The number of nitrogens with one attached hydrogen (secondary N) is 1. The first-order valence-electron chi connectivity index (χ1n) is 9.41. The van der Waals surface area contributed by atoms with E-state index in [-0.39, 0.29) is 17.4 Å². The second-order valence-corrected chi connectivity index (χ2v) is 7.86. The summed E-state index contributed by atoms with van der Waals surface area (Å²) in [6, 6.07) is 3.63. The number of nitrogens with two attached hydrogens (primary N) is 1. The lowest BCUT2D eigenvalue weighted by Gasteiger charge is -2.24. The molecule has 2 rings (SSSR count). The molecule has 0 atom stereocenters. The van der Waals surface area contributed by atoms with E-state index in [2.05, 4.69) is 11.9 Å². The Kier molecular flexibility index (Phi) is 7.41. The average molecular weight is 393 g/mol. The van der Waals surface area contributed by atoms with E-state index >= 15 is 0 Å². The predicted molar refractivity (Wildman–Crippen MR) is 111 cm³/mol. The van der Waals surface area contributed by atoms with Gasteiger partial charge in [-0.15, -0.1) is 11.3 Å². The topological polar surface area (TPSA) is 101 Å². The number of hydrogen-bond acceptors (Lipinski definition) is 5. The number of aryl methyl sites for hydroxylation is 1. The molecule has 0 aliphatic carbocycles. The van der Waals surface area contributed by atoms with Crippen LogP contribution in [0.2, 0.25) is 0 Å². The Morgan fingerprint density at radius 3 is 2.48 bits per heavy atom. The molecule has 0 aliphatic heterocycles. The van der Waals surface area contributed by atoms with Gasteiger partial charge in [-0.2, -0.15) is 0 Å². The largest absolute Gasteiger partial charge is 0.383 e. The van der Waals surface area contributed by atoms with Crippen molar-refractivity contribution in [1.29, 1.82) is 0 Å². The summed E-state index contributed by atoms with van der Waals surface area (Å²) in [4.78, 5) is 43.2. The summed E-state index contributed by atoms with van der Waals surface area (Å²) in [5, 5.41) is 0. The van der Waals surface area contributed by atoms with E-state index < -0.39 is 11.2 Å². The molecule has 2 heterocycles. The van der Waals surface area contributed by atoms with Gasteiger partial charge in [0.15, 0.2) is 5.69 Å². The van der Waals surface area contributed by atoms with Crippen LogP contribution in [0.15, 0.2) is 21.7 Å². The van der Waals surface area contributed by atoms with E-state index in [1.165, 1.54) is 20.8 Å². The van der Waals surface area contributed by atoms with Crippen molar-refractivity contribution in [1.82, 2.24) is 9.55 Å². The molecule has 0 aromatic carbocycles. The summed E-state index contributed by atoms with van der Waals surface area (Å²) in [5.74, 6) is -0.211. The third kappa shape index (κ3) is 4.88. The minimum absolute atomic E-state index is 0.0512. The minimum atomic E-state index is -0.622. The lowest BCUT2D eigenvalue weighted by Crippen LogP contribution is -2.41. The highest BCUT2D eigenvalue weighted by atomic mass is 32.1. The number of carbonyl (C=O) groups excluding carboxylic acids is 1. The van der Waals surface area contributed by atoms with Crippen LogP contribution in [-0.4, -0.2) is 22.0 Å². The summed E-state index contributed by atoms with van der Waals surface area (Å²) in [6.45, 7) is 6.78. The van der Waals surface area contributed by atoms with Crippen LogP contribution >= 0.6 is 11.3 Å². The summed E-state index contributed by atoms with van der Waals surface area (Å²) in [5.41, 5.74) is 5.11. The van der Waals surface area contributed by atoms with Crippen LogP contribution in [0.5, 0.6) is 0 Å². The molecule has 7 nitrogen and oxygen atoms in total. The van der Waals surface area contributed by atoms with Gasteiger partial charge in [-0.1, -0.05) is 33.1 Å². The molecule has 148 valence electrons. The monoisotopic (exact) mass is 392 g/mol. The van der Waals surface area contributed by atoms with E-state index in [1.54, 1.807) is 6.07 Å². The van der Waals surface area contributed by atoms with Crippen LogP contribution in [0.3, 0.4) is 0 Å². The number of nitrogen functional groups attached to an aromatic ring is 1. The third-order valence-electron chi connectivity index (χ3n) is 4.40. The maximum Gasteiger partial charge on any atom is 0.330 e. The molecule has 0 saturated heterocycles. The molecule has 27 heavy (non-hydrogen) atoms. The van der Waals surface area contributed by atoms with Crippen molar-refractivity contribution < 1.29 is 4.79 Å². The second-order valence-electron chi connectivity index (χ2n) is 6.57. The number of aromatic nitrogens is 2. The molecule has 8 heteroatoms. The number of amides is 1. The molecule has 0 aliphatic rings. The van der Waals surface area contributed by atoms with Gasteiger partial charge in [-0.05, 0) is 31.9 Å². The van der Waals surface area contributed by atoms with Gasteiger partial charge in [0, 0.05) is 18.0 Å². The summed E-state index contributed by atoms with van der Waals surface area (Å²) in [6.07, 6.45) is 4.31. The number of carbonyl (C=O) groups is 1. The lowest BCUT2D eigenvalue weighted by molar-refractivity contribution is 0.0990. The number of nitrogens with zero attached hydrogens (tertiary/aromatic N) is 2. The molecule has 1 amide bonds. The first kappa shape index (κ1) is 21.0. The van der Waals surface area contributed by atoms with Crippen LogP contribution < -0.4 is 21.9 Å². The van der Waals surface area contributed by atoms with Crippen molar-refractivity contribution in [2.24, 2.45) is 0 Å². The maximum atomic E-state index is 13.1. The molecule has 2 aromatic rings. The molecule has 0 spiro atoms. The minimum Gasteiger partial charge on any atom is -0.383 e. The van der Waals surface area contributed by atoms with Crippen molar-refractivity contribution in [3.8, 4) is 0 Å². The average Bonchev–Trinajstić information content (AvgIpc) is 3.06. The molecular weight excluding hydrogens is 364 g/mol. The van der Waals surface area contributed by atoms with Gasteiger partial charge in [0.1, 0.15) is 5.82 Å². The molecular formula is C19H28N4O3S. The Balaban J connectivity index is 2.52. The number of thiophene rings is 1. The number of aromatic amines is 1. The highest BCUT2D eigenvalue weighted by molar-refractivity contribution is 7.14. The molecule has 0 bridgehead atoms. The summed E-state index contributed by atoms with van der Waals surface area (Å²) < 4.78 is 1.35.